The first-order chi connectivity index (χ1) is 16.4. The van der Waals surface area contributed by atoms with Crippen LogP contribution in [0.3, 0.4) is 0 Å². The fraction of sp³-hybridized carbons (Fsp3) is 0.208. The normalized spacial score (nSPS) is 12.9. The Morgan fingerprint density at radius 2 is 1.53 bits per heavy atom. The minimum absolute atomic E-state index is 0.00367. The third kappa shape index (κ3) is 5.02. The molecule has 1 atom stereocenters. The van der Waals surface area contributed by atoms with Crippen molar-refractivity contribution in [3.8, 4) is 11.1 Å². The van der Waals surface area contributed by atoms with Crippen molar-refractivity contribution < 1.29 is 29.3 Å². The van der Waals surface area contributed by atoms with Gasteiger partial charge in [-0.1, -0.05) is 48.5 Å². The Morgan fingerprint density at radius 3 is 2.12 bits per heavy atom. The van der Waals surface area contributed by atoms with E-state index in [1.54, 1.807) is 0 Å². The quantitative estimate of drug-likeness (QED) is 0.395. The molecule has 0 fully saturated rings. The summed E-state index contributed by atoms with van der Waals surface area (Å²) in [6.07, 6.45) is 0.162. The van der Waals surface area contributed by atoms with Crippen LogP contribution in [0.15, 0.2) is 60.9 Å². The van der Waals surface area contributed by atoms with E-state index in [9.17, 15) is 19.5 Å². The molecule has 1 aliphatic carbocycles. The third-order valence-corrected chi connectivity index (χ3v) is 5.44. The number of aliphatic hydroxyl groups excluding tert-OH is 1. The average molecular weight is 462 g/mol. The maximum Gasteiger partial charge on any atom is 0.407 e. The lowest BCUT2D eigenvalue weighted by Crippen LogP contribution is -2.36. The summed E-state index contributed by atoms with van der Waals surface area (Å²) in [5, 5.41) is 22.7. The molecule has 0 saturated carbocycles. The van der Waals surface area contributed by atoms with Gasteiger partial charge in [-0.2, -0.15) is 0 Å². The number of rotatable bonds is 8. The van der Waals surface area contributed by atoms with Crippen LogP contribution in [0.1, 0.15) is 33.2 Å². The predicted octanol–water partition coefficient (Wildman–Crippen LogP) is 1.69. The van der Waals surface area contributed by atoms with Gasteiger partial charge in [0.15, 0.2) is 6.10 Å². The molecule has 0 aliphatic heterocycles. The molecule has 0 bridgehead atoms. The van der Waals surface area contributed by atoms with Crippen molar-refractivity contribution in [1.29, 1.82) is 0 Å². The molecule has 0 spiro atoms. The first-order valence-electron chi connectivity index (χ1n) is 10.5. The summed E-state index contributed by atoms with van der Waals surface area (Å²) in [5.74, 6) is -1.86. The van der Waals surface area contributed by atoms with E-state index in [-0.39, 0.29) is 30.5 Å². The Morgan fingerprint density at radius 1 is 0.941 bits per heavy atom. The zero-order valence-electron chi connectivity index (χ0n) is 18.0. The van der Waals surface area contributed by atoms with Gasteiger partial charge in [0.2, 0.25) is 0 Å². The number of aliphatic hydroxyl groups is 1. The van der Waals surface area contributed by atoms with Gasteiger partial charge in [0.05, 0.1) is 18.7 Å². The number of aromatic nitrogens is 2. The second-order valence-electron chi connectivity index (χ2n) is 7.63. The highest BCUT2D eigenvalue weighted by Gasteiger charge is 2.29. The lowest BCUT2D eigenvalue weighted by Gasteiger charge is -2.14. The smallest absolute Gasteiger partial charge is 0.407 e. The highest BCUT2D eigenvalue weighted by atomic mass is 16.5. The van der Waals surface area contributed by atoms with E-state index in [0.717, 1.165) is 22.3 Å². The third-order valence-electron chi connectivity index (χ3n) is 5.44. The van der Waals surface area contributed by atoms with Crippen molar-refractivity contribution in [2.45, 2.75) is 18.6 Å². The van der Waals surface area contributed by atoms with E-state index in [1.807, 2.05) is 36.4 Å². The summed E-state index contributed by atoms with van der Waals surface area (Å²) in [5.41, 5.74) is 4.60. The van der Waals surface area contributed by atoms with Crippen molar-refractivity contribution in [1.82, 2.24) is 20.6 Å². The number of fused-ring (bicyclic) bond motifs is 3. The second kappa shape index (κ2) is 10.1. The number of amides is 2. The molecule has 34 heavy (non-hydrogen) atoms. The number of nitrogens with zero attached hydrogens (tertiary/aromatic N) is 2. The number of benzene rings is 2. The topological polar surface area (TPSA) is 151 Å². The minimum Gasteiger partial charge on any atom is -0.479 e. The average Bonchev–Trinajstić information content (AvgIpc) is 3.18. The van der Waals surface area contributed by atoms with Crippen molar-refractivity contribution in [2.24, 2.45) is 0 Å². The van der Waals surface area contributed by atoms with E-state index in [2.05, 4.69) is 32.7 Å². The van der Waals surface area contributed by atoms with Crippen LogP contribution in [0, 0.1) is 0 Å². The second-order valence-corrected chi connectivity index (χ2v) is 7.63. The van der Waals surface area contributed by atoms with Gasteiger partial charge in [0.25, 0.3) is 5.91 Å². The van der Waals surface area contributed by atoms with Crippen molar-refractivity contribution in [3.05, 3.63) is 83.4 Å². The predicted molar refractivity (Wildman–Crippen MR) is 120 cm³/mol. The number of carboxylic acids is 1. The zero-order chi connectivity index (χ0) is 24.1. The molecule has 0 unspecified atom stereocenters. The minimum atomic E-state index is -1.70. The van der Waals surface area contributed by atoms with Crippen LogP contribution in [0.4, 0.5) is 4.79 Å². The number of alkyl carbamates (subject to hydrolysis) is 1. The number of carboxylic acid groups (broad SMARTS) is 1. The number of hydrogen-bond acceptors (Lipinski definition) is 7. The fourth-order valence-corrected chi connectivity index (χ4v) is 3.74. The molecule has 2 amide bonds. The Bertz CT molecular complexity index is 1170. The summed E-state index contributed by atoms with van der Waals surface area (Å²) < 4.78 is 5.46. The highest BCUT2D eigenvalue weighted by molar-refractivity contribution is 5.93. The maximum absolute atomic E-state index is 12.3. The van der Waals surface area contributed by atoms with Gasteiger partial charge >= 0.3 is 12.1 Å². The number of carbonyl (C=O) groups is 3. The molecule has 0 saturated heterocycles. The van der Waals surface area contributed by atoms with Crippen molar-refractivity contribution >= 4 is 18.0 Å². The Kier molecular flexibility index (Phi) is 6.79. The monoisotopic (exact) mass is 462 g/mol. The van der Waals surface area contributed by atoms with Gasteiger partial charge in [-0.3, -0.25) is 4.79 Å². The summed E-state index contributed by atoms with van der Waals surface area (Å²) >= 11 is 0. The van der Waals surface area contributed by atoms with E-state index >= 15 is 0 Å². The molecule has 4 rings (SSSR count). The van der Waals surface area contributed by atoms with Gasteiger partial charge in [0.1, 0.15) is 12.4 Å². The van der Waals surface area contributed by atoms with Gasteiger partial charge in [-0.25, -0.2) is 19.6 Å². The van der Waals surface area contributed by atoms with Gasteiger partial charge in [-0.15, -0.1) is 0 Å². The summed E-state index contributed by atoms with van der Waals surface area (Å²) in [7, 11) is 0. The summed E-state index contributed by atoms with van der Waals surface area (Å²) in [6.45, 7) is -0.266. The Labute approximate surface area is 194 Å². The molecule has 0 radical (unpaired) electrons. The van der Waals surface area contributed by atoms with Crippen molar-refractivity contribution in [2.75, 3.05) is 13.2 Å². The van der Waals surface area contributed by atoms with Crippen LogP contribution in [0.2, 0.25) is 0 Å². The van der Waals surface area contributed by atoms with E-state index in [4.69, 9.17) is 9.84 Å². The largest absolute Gasteiger partial charge is 0.479 e. The van der Waals surface area contributed by atoms with Gasteiger partial charge < -0.3 is 25.6 Å². The fourth-order valence-electron chi connectivity index (χ4n) is 3.74. The number of aliphatic carboxylic acids is 1. The number of ether oxygens (including phenoxy) is 1. The first-order valence-corrected chi connectivity index (χ1v) is 10.5. The molecule has 1 heterocycles. The van der Waals surface area contributed by atoms with Crippen LogP contribution >= 0.6 is 0 Å². The van der Waals surface area contributed by atoms with Crippen LogP contribution < -0.4 is 10.6 Å². The lowest BCUT2D eigenvalue weighted by molar-refractivity contribution is -0.146. The molecule has 174 valence electrons. The molecular weight excluding hydrogens is 440 g/mol. The molecule has 10 heteroatoms. The molecule has 1 aromatic heterocycles. The maximum atomic E-state index is 12.3. The van der Waals surface area contributed by atoms with E-state index in [0.29, 0.717) is 0 Å². The van der Waals surface area contributed by atoms with Crippen LogP contribution in [-0.2, 0) is 16.1 Å². The molecule has 10 nitrogen and oxygen atoms in total. The summed E-state index contributed by atoms with van der Waals surface area (Å²) in [4.78, 5) is 42.8. The number of carbonyl (C=O) groups excluding carboxylic acids is 2. The molecule has 1 aliphatic rings. The molecular formula is C24H22N4O6. The van der Waals surface area contributed by atoms with E-state index < -0.39 is 30.6 Å². The zero-order valence-corrected chi connectivity index (χ0v) is 18.0. The van der Waals surface area contributed by atoms with Crippen LogP contribution in [0.5, 0.6) is 0 Å². The van der Waals surface area contributed by atoms with E-state index in [1.165, 1.54) is 12.4 Å². The SMILES string of the molecule is O=C(NCc1ncc(C(=O)NC[C@H](O)C(=O)O)cn1)OCC1c2ccccc2-c2ccccc21. The highest BCUT2D eigenvalue weighted by Crippen LogP contribution is 2.44. The van der Waals surface area contributed by atoms with Crippen LogP contribution in [0.25, 0.3) is 11.1 Å². The Balaban J connectivity index is 1.28. The molecule has 3 aromatic rings. The molecule has 4 N–H and O–H groups in total. The first kappa shape index (κ1) is 22.9. The lowest BCUT2D eigenvalue weighted by atomic mass is 9.98. The Hall–Kier alpha value is -4.31. The van der Waals surface area contributed by atoms with Gasteiger partial charge in [-0.05, 0) is 22.3 Å². The van der Waals surface area contributed by atoms with Gasteiger partial charge in [0, 0.05) is 18.3 Å². The standard InChI is InChI=1S/C24H22N4O6/c29-20(23(31)32)11-27-22(30)14-9-25-21(26-10-14)12-28-24(33)34-13-19-17-7-3-1-5-15(17)16-6-2-4-8-18(16)19/h1-10,19-20,29H,11-13H2,(H,27,30)(H,28,33)(H,31,32)/t20-/m0/s1. The van der Waals surface area contributed by atoms with Crippen LogP contribution in [-0.4, -0.2) is 57.4 Å². The number of hydrogen-bond donors (Lipinski definition) is 4. The molecule has 2 aromatic carbocycles. The summed E-state index contributed by atoms with van der Waals surface area (Å²) in [6, 6.07) is 16.1. The van der Waals surface area contributed by atoms with Crippen molar-refractivity contribution in [3.63, 3.8) is 0 Å². The number of nitrogens with one attached hydrogen (secondary N) is 2.